The third-order valence-corrected chi connectivity index (χ3v) is 2.71. The molecule has 0 aliphatic heterocycles. The molecule has 4 nitrogen and oxygen atoms in total. The van der Waals surface area contributed by atoms with Gasteiger partial charge in [-0.25, -0.2) is 9.18 Å². The average Bonchev–Trinajstić information content (AvgIpc) is 2.27. The van der Waals surface area contributed by atoms with E-state index in [9.17, 15) is 14.0 Å². The minimum absolute atomic E-state index is 0.210. The number of rotatable bonds is 5. The molecule has 5 heteroatoms. The van der Waals surface area contributed by atoms with Gasteiger partial charge in [-0.1, -0.05) is 19.9 Å². The number of ketones is 1. The molecule has 98 valence electrons. The van der Waals surface area contributed by atoms with Crippen LogP contribution in [0.3, 0.4) is 0 Å². The molecule has 0 saturated carbocycles. The second-order valence-corrected chi connectivity index (χ2v) is 4.61. The summed E-state index contributed by atoms with van der Waals surface area (Å²) in [6.45, 7) is 3.21. The monoisotopic (exact) mass is 254 g/mol. The van der Waals surface area contributed by atoms with E-state index in [1.54, 1.807) is 19.9 Å². The number of methoxy groups -OCH3 is 1. The lowest BCUT2D eigenvalue weighted by molar-refractivity contribution is -0.149. The van der Waals surface area contributed by atoms with Crippen LogP contribution in [0.2, 0.25) is 0 Å². The highest BCUT2D eigenvalue weighted by atomic mass is 19.1. The number of carboxylic acids is 1. The lowest BCUT2D eigenvalue weighted by atomic mass is 9.79. The van der Waals surface area contributed by atoms with Crippen molar-refractivity contribution >= 4 is 11.8 Å². The number of aliphatic carboxylic acids is 1. The maximum absolute atomic E-state index is 13.8. The van der Waals surface area contributed by atoms with Gasteiger partial charge in [0.15, 0.2) is 0 Å². The van der Waals surface area contributed by atoms with Gasteiger partial charge in [0.2, 0.25) is 5.78 Å². The largest absolute Gasteiger partial charge is 0.496 e. The molecule has 0 aliphatic carbocycles. The average molecular weight is 254 g/mol. The van der Waals surface area contributed by atoms with Gasteiger partial charge in [0.1, 0.15) is 11.6 Å². The Morgan fingerprint density at radius 2 is 2.00 bits per heavy atom. The van der Waals surface area contributed by atoms with Crippen LogP contribution in [0.5, 0.6) is 5.75 Å². The van der Waals surface area contributed by atoms with Crippen LogP contribution in [0, 0.1) is 5.82 Å². The zero-order valence-electron chi connectivity index (χ0n) is 10.5. The molecule has 0 atom stereocenters. The second kappa shape index (κ2) is 5.16. The number of carbonyl (C=O) groups excluding carboxylic acids is 1. The summed E-state index contributed by atoms with van der Waals surface area (Å²) in [4.78, 5) is 21.9. The summed E-state index contributed by atoms with van der Waals surface area (Å²) in [5.41, 5.74) is -0.742. The van der Waals surface area contributed by atoms with Crippen molar-refractivity contribution < 1.29 is 23.8 Å². The molecule has 0 bridgehead atoms. The Labute approximate surface area is 104 Å². The van der Waals surface area contributed by atoms with Gasteiger partial charge in [0.05, 0.1) is 7.11 Å². The Morgan fingerprint density at radius 3 is 2.50 bits per heavy atom. The highest BCUT2D eigenvalue weighted by molar-refractivity contribution is 6.32. The number of Topliss-reactive ketones (excluding diaryl/α,β-unsaturated/α-hetero) is 1. The maximum Gasteiger partial charge on any atom is 0.372 e. The first-order valence-corrected chi connectivity index (χ1v) is 5.38. The van der Waals surface area contributed by atoms with Crippen LogP contribution < -0.4 is 4.74 Å². The Morgan fingerprint density at radius 1 is 1.39 bits per heavy atom. The number of benzene rings is 1. The lowest BCUT2D eigenvalue weighted by Crippen LogP contribution is -2.27. The number of hydrogen-bond acceptors (Lipinski definition) is 3. The van der Waals surface area contributed by atoms with Crippen LogP contribution in [-0.4, -0.2) is 24.0 Å². The maximum atomic E-state index is 13.8. The van der Waals surface area contributed by atoms with Gasteiger partial charge in [0.25, 0.3) is 0 Å². The molecule has 18 heavy (non-hydrogen) atoms. The zero-order chi connectivity index (χ0) is 13.9. The van der Waals surface area contributed by atoms with Gasteiger partial charge < -0.3 is 9.84 Å². The van der Waals surface area contributed by atoms with Gasteiger partial charge in [-0.15, -0.1) is 0 Å². The van der Waals surface area contributed by atoms with Crippen LogP contribution in [0.1, 0.15) is 25.8 Å². The third-order valence-electron chi connectivity index (χ3n) is 2.71. The van der Waals surface area contributed by atoms with Crippen LogP contribution in [0.15, 0.2) is 18.2 Å². The summed E-state index contributed by atoms with van der Waals surface area (Å²) in [6, 6.07) is 4.32. The fraction of sp³-hybridized carbons (Fsp3) is 0.385. The summed E-state index contributed by atoms with van der Waals surface area (Å²) < 4.78 is 18.9. The van der Waals surface area contributed by atoms with Gasteiger partial charge in [-0.05, 0) is 12.1 Å². The second-order valence-electron chi connectivity index (χ2n) is 4.61. The van der Waals surface area contributed by atoms with Crippen LogP contribution >= 0.6 is 0 Å². The SMILES string of the molecule is COc1cccc(F)c1C(C)(C)CC(=O)C(=O)O. The summed E-state index contributed by atoms with van der Waals surface area (Å²) in [5, 5.41) is 8.61. The molecule has 0 amide bonds. The van der Waals surface area contributed by atoms with Crippen molar-refractivity contribution in [3.8, 4) is 5.75 Å². The van der Waals surface area contributed by atoms with Crippen LogP contribution in [0.4, 0.5) is 4.39 Å². The first-order chi connectivity index (χ1) is 8.29. The van der Waals surface area contributed by atoms with Gasteiger partial charge >= 0.3 is 5.97 Å². The molecule has 0 saturated heterocycles. The van der Waals surface area contributed by atoms with Crippen molar-refractivity contribution in [2.45, 2.75) is 25.7 Å². The predicted molar refractivity (Wildman–Crippen MR) is 63.2 cm³/mol. The molecule has 0 fully saturated rings. The van der Waals surface area contributed by atoms with Crippen LogP contribution in [0.25, 0.3) is 0 Å². The summed E-state index contributed by atoms with van der Waals surface area (Å²) in [6.07, 6.45) is -0.292. The molecular weight excluding hydrogens is 239 g/mol. The Balaban J connectivity index is 3.19. The summed E-state index contributed by atoms with van der Waals surface area (Å²) >= 11 is 0. The molecule has 0 heterocycles. The normalized spacial score (nSPS) is 11.1. The number of halogens is 1. The number of hydrogen-bond donors (Lipinski definition) is 1. The Bertz CT molecular complexity index is 480. The molecule has 0 aromatic heterocycles. The van der Waals surface area contributed by atoms with E-state index in [0.29, 0.717) is 5.75 Å². The minimum atomic E-state index is -1.52. The number of carboxylic acid groups (broad SMARTS) is 1. The molecular formula is C13H15FO4. The summed E-state index contributed by atoms with van der Waals surface area (Å²) in [7, 11) is 1.40. The quantitative estimate of drug-likeness (QED) is 0.818. The van der Waals surface area contributed by atoms with E-state index in [1.807, 2.05) is 0 Å². The van der Waals surface area contributed by atoms with Crippen molar-refractivity contribution in [2.75, 3.05) is 7.11 Å². The molecule has 0 aliphatic rings. The summed E-state index contributed by atoms with van der Waals surface area (Å²) in [5.74, 6) is -2.68. The Kier molecular flexibility index (Phi) is 4.06. The lowest BCUT2D eigenvalue weighted by Gasteiger charge is -2.26. The van der Waals surface area contributed by atoms with Gasteiger partial charge in [-0.3, -0.25) is 4.79 Å². The minimum Gasteiger partial charge on any atom is -0.496 e. The molecule has 1 aromatic rings. The van der Waals surface area contributed by atoms with Gasteiger partial charge in [0, 0.05) is 17.4 Å². The topological polar surface area (TPSA) is 63.6 Å². The number of ether oxygens (including phenoxy) is 1. The molecule has 0 radical (unpaired) electrons. The number of carbonyl (C=O) groups is 2. The van der Waals surface area contributed by atoms with E-state index in [2.05, 4.69) is 0 Å². The van der Waals surface area contributed by atoms with Gasteiger partial charge in [-0.2, -0.15) is 0 Å². The standard InChI is InChI=1S/C13H15FO4/c1-13(2,7-9(15)12(16)17)11-8(14)5-4-6-10(11)18-3/h4-6H,7H2,1-3H3,(H,16,17). The Hall–Kier alpha value is -1.91. The first-order valence-electron chi connectivity index (χ1n) is 5.38. The van der Waals surface area contributed by atoms with E-state index >= 15 is 0 Å². The van der Waals surface area contributed by atoms with E-state index in [4.69, 9.17) is 9.84 Å². The highest BCUT2D eigenvalue weighted by Crippen LogP contribution is 2.36. The van der Waals surface area contributed by atoms with Crippen molar-refractivity contribution in [3.63, 3.8) is 0 Å². The van der Waals surface area contributed by atoms with E-state index in [1.165, 1.54) is 19.2 Å². The molecule has 0 unspecified atom stereocenters. The van der Waals surface area contributed by atoms with Crippen molar-refractivity contribution in [1.29, 1.82) is 0 Å². The highest BCUT2D eigenvalue weighted by Gasteiger charge is 2.32. The molecule has 1 rings (SSSR count). The van der Waals surface area contributed by atoms with Crippen molar-refractivity contribution in [2.24, 2.45) is 0 Å². The third kappa shape index (κ3) is 2.85. The van der Waals surface area contributed by atoms with Crippen molar-refractivity contribution in [1.82, 2.24) is 0 Å². The fourth-order valence-corrected chi connectivity index (χ4v) is 1.90. The van der Waals surface area contributed by atoms with E-state index in [0.717, 1.165) is 0 Å². The smallest absolute Gasteiger partial charge is 0.372 e. The van der Waals surface area contributed by atoms with Crippen LogP contribution in [-0.2, 0) is 15.0 Å². The van der Waals surface area contributed by atoms with E-state index in [-0.39, 0.29) is 12.0 Å². The predicted octanol–water partition coefficient (Wildman–Crippen LogP) is 2.16. The molecule has 1 N–H and O–H groups in total. The first kappa shape index (κ1) is 14.2. The zero-order valence-corrected chi connectivity index (χ0v) is 10.5. The van der Waals surface area contributed by atoms with E-state index < -0.39 is 23.0 Å². The van der Waals surface area contributed by atoms with Crippen molar-refractivity contribution in [3.05, 3.63) is 29.6 Å². The fourth-order valence-electron chi connectivity index (χ4n) is 1.90. The molecule has 0 spiro atoms. The molecule has 1 aromatic carbocycles.